The van der Waals surface area contributed by atoms with Gasteiger partial charge in [-0.25, -0.2) is 0 Å². The van der Waals surface area contributed by atoms with Gasteiger partial charge in [0.2, 0.25) is 0 Å². The highest BCUT2D eigenvalue weighted by Crippen LogP contribution is 2.30. The Hall–Kier alpha value is -2.86. The molecule has 0 unspecified atom stereocenters. The van der Waals surface area contributed by atoms with Crippen LogP contribution in [0.2, 0.25) is 0 Å². The Morgan fingerprint density at radius 2 is 1.27 bits per heavy atom. The molecule has 0 N–H and O–H groups in total. The Bertz CT molecular complexity index is 596. The summed E-state index contributed by atoms with van der Waals surface area (Å²) in [6, 6.07) is 6.33. The van der Waals surface area contributed by atoms with Crippen molar-refractivity contribution >= 4 is 11.9 Å². The van der Waals surface area contributed by atoms with Gasteiger partial charge in [-0.3, -0.25) is 9.59 Å². The molecule has 0 spiro atoms. The Morgan fingerprint density at radius 3 is 1.55 bits per heavy atom. The first-order chi connectivity index (χ1) is 10.6. The van der Waals surface area contributed by atoms with Gasteiger partial charge in [0.15, 0.2) is 0 Å². The Balaban J connectivity index is 3.15. The van der Waals surface area contributed by atoms with Crippen molar-refractivity contribution in [2.75, 3.05) is 0 Å². The minimum absolute atomic E-state index is 0.00668. The van der Waals surface area contributed by atoms with Crippen LogP contribution >= 0.6 is 0 Å². The zero-order chi connectivity index (χ0) is 16.5. The van der Waals surface area contributed by atoms with Crippen LogP contribution in [-0.2, 0) is 9.59 Å². The number of hydrogen-bond donors (Lipinski definition) is 0. The van der Waals surface area contributed by atoms with Crippen LogP contribution in [0.1, 0.15) is 50.7 Å². The standard InChI is InChI=1S/C16H16N2O4/c1-3-5-15(19)21-13-7-8-14(22-16(20)6-4-2)12(10-18)11(13)9-17/h7-8H,3-6H2,1-2H3. The van der Waals surface area contributed by atoms with Gasteiger partial charge in [-0.2, -0.15) is 10.5 Å². The number of ether oxygens (including phenoxy) is 2. The molecule has 0 fully saturated rings. The quantitative estimate of drug-likeness (QED) is 0.591. The maximum atomic E-state index is 11.5. The van der Waals surface area contributed by atoms with Gasteiger partial charge in [0, 0.05) is 12.8 Å². The molecule has 6 nitrogen and oxygen atoms in total. The molecule has 0 aliphatic heterocycles. The van der Waals surface area contributed by atoms with Gasteiger partial charge >= 0.3 is 11.9 Å². The van der Waals surface area contributed by atoms with E-state index in [0.717, 1.165) is 0 Å². The van der Waals surface area contributed by atoms with Crippen LogP contribution in [0.5, 0.6) is 11.5 Å². The summed E-state index contributed by atoms with van der Waals surface area (Å²) >= 11 is 0. The number of nitrogens with zero attached hydrogens (tertiary/aromatic N) is 2. The summed E-state index contributed by atoms with van der Waals surface area (Å²) < 4.78 is 10.1. The molecular weight excluding hydrogens is 284 g/mol. The third-order valence-electron chi connectivity index (χ3n) is 2.71. The van der Waals surface area contributed by atoms with Crippen molar-refractivity contribution in [1.29, 1.82) is 10.5 Å². The van der Waals surface area contributed by atoms with Crippen molar-refractivity contribution in [1.82, 2.24) is 0 Å². The van der Waals surface area contributed by atoms with E-state index >= 15 is 0 Å². The summed E-state index contributed by atoms with van der Waals surface area (Å²) in [6.07, 6.45) is 1.64. The first kappa shape index (κ1) is 17.2. The first-order valence-electron chi connectivity index (χ1n) is 6.95. The summed E-state index contributed by atoms with van der Waals surface area (Å²) in [5, 5.41) is 18.4. The molecule has 0 aliphatic carbocycles. The van der Waals surface area contributed by atoms with Gasteiger partial charge in [-0.1, -0.05) is 13.8 Å². The SMILES string of the molecule is CCCC(=O)Oc1ccc(OC(=O)CCC)c(C#N)c1C#N. The van der Waals surface area contributed by atoms with Gasteiger partial charge in [-0.15, -0.1) is 0 Å². The van der Waals surface area contributed by atoms with E-state index in [9.17, 15) is 20.1 Å². The van der Waals surface area contributed by atoms with Crippen LogP contribution in [0.3, 0.4) is 0 Å². The molecule has 0 bridgehead atoms. The highest BCUT2D eigenvalue weighted by Gasteiger charge is 2.19. The molecular formula is C16H16N2O4. The van der Waals surface area contributed by atoms with Crippen LogP contribution in [0.25, 0.3) is 0 Å². The van der Waals surface area contributed by atoms with E-state index < -0.39 is 11.9 Å². The Morgan fingerprint density at radius 1 is 0.909 bits per heavy atom. The molecule has 0 aromatic heterocycles. The number of carbonyl (C=O) groups excluding carboxylic acids is 2. The number of nitriles is 2. The molecule has 6 heteroatoms. The fraction of sp³-hybridized carbons (Fsp3) is 0.375. The summed E-state index contributed by atoms with van der Waals surface area (Å²) in [4.78, 5) is 23.1. The minimum Gasteiger partial charge on any atom is -0.425 e. The average molecular weight is 300 g/mol. The molecule has 0 atom stereocenters. The van der Waals surface area contributed by atoms with Crippen molar-refractivity contribution in [3.05, 3.63) is 23.3 Å². The maximum absolute atomic E-state index is 11.5. The highest BCUT2D eigenvalue weighted by molar-refractivity contribution is 5.76. The topological polar surface area (TPSA) is 100 Å². The zero-order valence-corrected chi connectivity index (χ0v) is 12.5. The van der Waals surface area contributed by atoms with Crippen molar-refractivity contribution < 1.29 is 19.1 Å². The first-order valence-corrected chi connectivity index (χ1v) is 6.95. The number of benzene rings is 1. The molecule has 0 radical (unpaired) electrons. The normalized spacial score (nSPS) is 9.45. The largest absolute Gasteiger partial charge is 0.425 e. The second kappa shape index (κ2) is 8.43. The van der Waals surface area contributed by atoms with Crippen LogP contribution in [0.4, 0.5) is 0 Å². The lowest BCUT2D eigenvalue weighted by Crippen LogP contribution is -2.11. The van der Waals surface area contributed by atoms with Gasteiger partial charge in [0.05, 0.1) is 0 Å². The summed E-state index contributed by atoms with van der Waals surface area (Å²) in [7, 11) is 0. The molecule has 0 heterocycles. The second-order valence-electron chi connectivity index (χ2n) is 4.48. The monoisotopic (exact) mass is 300 g/mol. The summed E-state index contributed by atoms with van der Waals surface area (Å²) in [5.41, 5.74) is -0.234. The van der Waals surface area contributed by atoms with Crippen molar-refractivity contribution in [3.63, 3.8) is 0 Å². The summed E-state index contributed by atoms with van der Waals surface area (Å²) in [5.74, 6) is -0.988. The van der Waals surface area contributed by atoms with Crippen LogP contribution in [0.15, 0.2) is 12.1 Å². The maximum Gasteiger partial charge on any atom is 0.311 e. The third-order valence-corrected chi connectivity index (χ3v) is 2.71. The van der Waals surface area contributed by atoms with E-state index in [2.05, 4.69) is 0 Å². The van der Waals surface area contributed by atoms with E-state index in [1.807, 2.05) is 26.0 Å². The molecule has 0 saturated carbocycles. The van der Waals surface area contributed by atoms with E-state index in [-0.39, 0.29) is 35.5 Å². The van der Waals surface area contributed by atoms with Crippen LogP contribution < -0.4 is 9.47 Å². The predicted molar refractivity (Wildman–Crippen MR) is 77.0 cm³/mol. The number of carbonyl (C=O) groups is 2. The highest BCUT2D eigenvalue weighted by atomic mass is 16.5. The number of hydrogen-bond acceptors (Lipinski definition) is 6. The average Bonchev–Trinajstić information content (AvgIpc) is 2.48. The van der Waals surface area contributed by atoms with Crippen LogP contribution in [-0.4, -0.2) is 11.9 Å². The molecule has 114 valence electrons. The molecule has 1 aromatic rings. The number of rotatable bonds is 6. The molecule has 1 aromatic carbocycles. The lowest BCUT2D eigenvalue weighted by atomic mass is 10.1. The van der Waals surface area contributed by atoms with Gasteiger partial charge in [0.1, 0.15) is 34.8 Å². The fourth-order valence-electron chi connectivity index (χ4n) is 1.71. The molecule has 22 heavy (non-hydrogen) atoms. The van der Waals surface area contributed by atoms with Gasteiger partial charge in [-0.05, 0) is 25.0 Å². The molecule has 1 rings (SSSR count). The van der Waals surface area contributed by atoms with Crippen molar-refractivity contribution in [2.24, 2.45) is 0 Å². The van der Waals surface area contributed by atoms with Crippen LogP contribution in [0, 0.1) is 22.7 Å². The van der Waals surface area contributed by atoms with Crippen molar-refractivity contribution in [2.45, 2.75) is 39.5 Å². The van der Waals surface area contributed by atoms with Gasteiger partial charge in [0.25, 0.3) is 0 Å². The Labute approximate surface area is 128 Å². The second-order valence-corrected chi connectivity index (χ2v) is 4.48. The fourth-order valence-corrected chi connectivity index (χ4v) is 1.71. The van der Waals surface area contributed by atoms with E-state index in [0.29, 0.717) is 12.8 Å². The smallest absolute Gasteiger partial charge is 0.311 e. The van der Waals surface area contributed by atoms with E-state index in [1.54, 1.807) is 0 Å². The lowest BCUT2D eigenvalue weighted by molar-refractivity contribution is -0.135. The Kier molecular flexibility index (Phi) is 6.59. The lowest BCUT2D eigenvalue weighted by Gasteiger charge is -2.10. The van der Waals surface area contributed by atoms with Crippen molar-refractivity contribution in [3.8, 4) is 23.6 Å². The summed E-state index contributed by atoms with van der Waals surface area (Å²) in [6.45, 7) is 3.65. The third kappa shape index (κ3) is 4.32. The predicted octanol–water partition coefficient (Wildman–Crippen LogP) is 2.84. The molecule has 0 saturated heterocycles. The molecule has 0 amide bonds. The molecule has 0 aliphatic rings. The minimum atomic E-state index is -0.487. The number of esters is 2. The zero-order valence-electron chi connectivity index (χ0n) is 12.5. The van der Waals surface area contributed by atoms with E-state index in [1.165, 1.54) is 12.1 Å². The van der Waals surface area contributed by atoms with E-state index in [4.69, 9.17) is 9.47 Å². The van der Waals surface area contributed by atoms with Gasteiger partial charge < -0.3 is 9.47 Å².